The van der Waals surface area contributed by atoms with Gasteiger partial charge in [-0.1, -0.05) is 6.07 Å². The van der Waals surface area contributed by atoms with Crippen LogP contribution in [0.5, 0.6) is 5.75 Å². The van der Waals surface area contributed by atoms with Crippen molar-refractivity contribution in [3.05, 3.63) is 59.3 Å². The number of H-pyrrole nitrogens is 2. The molecule has 0 bridgehead atoms. The van der Waals surface area contributed by atoms with Crippen molar-refractivity contribution in [2.24, 2.45) is 0 Å². The number of carbonyl (C=O) groups excluding carboxylic acids is 1. The molecule has 1 aliphatic rings. The lowest BCUT2D eigenvalue weighted by molar-refractivity contribution is 0.0342. The largest absolute Gasteiger partial charge is 0.497 e. The molecule has 5 rings (SSSR count). The number of aromatic amines is 2. The van der Waals surface area contributed by atoms with Crippen LogP contribution in [0.15, 0.2) is 36.5 Å². The van der Waals surface area contributed by atoms with Gasteiger partial charge in [-0.15, -0.1) is 0 Å². The van der Waals surface area contributed by atoms with Crippen molar-refractivity contribution in [3.63, 3.8) is 0 Å². The number of ether oxygens (including phenoxy) is 2. The lowest BCUT2D eigenvalue weighted by Gasteiger charge is -2.26. The number of rotatable bonds is 6. The van der Waals surface area contributed by atoms with Gasteiger partial charge in [0.25, 0.3) is 5.91 Å². The van der Waals surface area contributed by atoms with E-state index >= 15 is 0 Å². The first-order valence-corrected chi connectivity index (χ1v) is 10.7. The zero-order chi connectivity index (χ0) is 23.7. The molecule has 176 valence electrons. The van der Waals surface area contributed by atoms with E-state index in [-0.39, 0.29) is 11.4 Å². The molecule has 34 heavy (non-hydrogen) atoms. The number of hydrogen-bond donors (Lipinski definition) is 3. The maximum Gasteiger partial charge on any atom is 0.261 e. The second-order valence-electron chi connectivity index (χ2n) is 7.89. The molecule has 1 saturated heterocycles. The summed E-state index contributed by atoms with van der Waals surface area (Å²) in [6, 6.07) is 7.86. The van der Waals surface area contributed by atoms with Crippen LogP contribution in [0.3, 0.4) is 0 Å². The average Bonchev–Trinajstić information content (AvgIpc) is 3.45. The number of nitrogens with zero attached hydrogens (tertiary/aromatic N) is 3. The molecule has 11 heteroatoms. The summed E-state index contributed by atoms with van der Waals surface area (Å²) in [5.74, 6) is -2.63. The number of morpholine rings is 1. The standard InChI is InChI=1S/C23H22F2N6O3/c1-33-14-9-15(24)20(16(25)10-14)23(32)29-19-11-26-30-21(19)22-27-17-3-2-13(8-18(17)28-22)12-31-4-6-34-7-5-31/h2-3,8-11H,4-7,12H2,1H3,(H,26,30)(H,27,28)(H,29,32). The van der Waals surface area contributed by atoms with Gasteiger partial charge in [-0.2, -0.15) is 5.10 Å². The molecule has 1 fully saturated rings. The maximum absolute atomic E-state index is 14.3. The van der Waals surface area contributed by atoms with Crippen molar-refractivity contribution in [3.8, 4) is 17.3 Å². The van der Waals surface area contributed by atoms with Gasteiger partial charge in [0.2, 0.25) is 0 Å². The Morgan fingerprint density at radius 3 is 2.71 bits per heavy atom. The van der Waals surface area contributed by atoms with Crippen LogP contribution in [0.25, 0.3) is 22.6 Å². The third-order valence-corrected chi connectivity index (χ3v) is 5.65. The lowest BCUT2D eigenvalue weighted by Crippen LogP contribution is -2.35. The molecule has 0 radical (unpaired) electrons. The summed E-state index contributed by atoms with van der Waals surface area (Å²) in [5, 5.41) is 9.32. The van der Waals surface area contributed by atoms with E-state index < -0.39 is 23.1 Å². The Balaban J connectivity index is 1.38. The predicted molar refractivity (Wildman–Crippen MR) is 121 cm³/mol. The molecule has 0 saturated carbocycles. The summed E-state index contributed by atoms with van der Waals surface area (Å²) < 4.78 is 38.8. The first-order valence-electron chi connectivity index (χ1n) is 10.7. The van der Waals surface area contributed by atoms with E-state index in [0.717, 1.165) is 61.6 Å². The van der Waals surface area contributed by atoms with Gasteiger partial charge >= 0.3 is 0 Å². The first kappa shape index (κ1) is 22.0. The summed E-state index contributed by atoms with van der Waals surface area (Å²) in [4.78, 5) is 22.7. The predicted octanol–water partition coefficient (Wildman–Crippen LogP) is 3.32. The second-order valence-corrected chi connectivity index (χ2v) is 7.89. The smallest absolute Gasteiger partial charge is 0.261 e. The van der Waals surface area contributed by atoms with Gasteiger partial charge < -0.3 is 19.8 Å². The number of methoxy groups -OCH3 is 1. The van der Waals surface area contributed by atoms with Crippen LogP contribution in [0, 0.1) is 11.6 Å². The molecule has 3 N–H and O–H groups in total. The fourth-order valence-corrected chi connectivity index (χ4v) is 3.91. The monoisotopic (exact) mass is 468 g/mol. The quantitative estimate of drug-likeness (QED) is 0.401. The topological polar surface area (TPSA) is 108 Å². The minimum atomic E-state index is -1.03. The fraction of sp³-hybridized carbons (Fsp3) is 0.261. The van der Waals surface area contributed by atoms with E-state index in [1.807, 2.05) is 18.2 Å². The summed E-state index contributed by atoms with van der Waals surface area (Å²) in [6.07, 6.45) is 1.42. The highest BCUT2D eigenvalue weighted by atomic mass is 19.1. The van der Waals surface area contributed by atoms with Crippen molar-refractivity contribution < 1.29 is 23.0 Å². The molecular weight excluding hydrogens is 446 g/mol. The third-order valence-electron chi connectivity index (χ3n) is 5.65. The third kappa shape index (κ3) is 4.35. The van der Waals surface area contributed by atoms with Crippen LogP contribution < -0.4 is 10.1 Å². The molecule has 9 nitrogen and oxygen atoms in total. The minimum absolute atomic E-state index is 0.0224. The molecule has 0 atom stereocenters. The van der Waals surface area contributed by atoms with Gasteiger partial charge in [-0.05, 0) is 17.7 Å². The summed E-state index contributed by atoms with van der Waals surface area (Å²) >= 11 is 0. The van der Waals surface area contributed by atoms with Gasteiger partial charge in [-0.3, -0.25) is 14.8 Å². The Labute approximate surface area is 193 Å². The molecular formula is C23H22F2N6O3. The zero-order valence-corrected chi connectivity index (χ0v) is 18.3. The summed E-state index contributed by atoms with van der Waals surface area (Å²) in [7, 11) is 1.28. The van der Waals surface area contributed by atoms with E-state index in [0.29, 0.717) is 11.5 Å². The summed E-state index contributed by atoms with van der Waals surface area (Å²) in [6.45, 7) is 4.02. The lowest BCUT2D eigenvalue weighted by atomic mass is 10.1. The Morgan fingerprint density at radius 1 is 1.21 bits per heavy atom. The van der Waals surface area contributed by atoms with Crippen molar-refractivity contribution >= 4 is 22.6 Å². The highest BCUT2D eigenvalue weighted by Gasteiger charge is 2.22. The molecule has 1 amide bonds. The van der Waals surface area contributed by atoms with Gasteiger partial charge in [0.05, 0.1) is 37.0 Å². The van der Waals surface area contributed by atoms with Crippen molar-refractivity contribution in [1.29, 1.82) is 0 Å². The van der Waals surface area contributed by atoms with E-state index in [9.17, 15) is 13.6 Å². The van der Waals surface area contributed by atoms with E-state index in [1.165, 1.54) is 13.3 Å². The number of halogens is 2. The number of imidazole rings is 1. The van der Waals surface area contributed by atoms with E-state index in [4.69, 9.17) is 9.47 Å². The highest BCUT2D eigenvalue weighted by Crippen LogP contribution is 2.28. The first-order chi connectivity index (χ1) is 16.5. The van der Waals surface area contributed by atoms with Crippen molar-refractivity contribution in [1.82, 2.24) is 25.1 Å². The number of nitrogens with one attached hydrogen (secondary N) is 3. The van der Waals surface area contributed by atoms with Crippen LogP contribution in [-0.4, -0.2) is 64.4 Å². The molecule has 1 aliphatic heterocycles. The molecule has 2 aromatic carbocycles. The Hall–Kier alpha value is -3.83. The molecule has 3 heterocycles. The van der Waals surface area contributed by atoms with Crippen molar-refractivity contribution in [2.75, 3.05) is 38.7 Å². The van der Waals surface area contributed by atoms with Crippen LogP contribution in [-0.2, 0) is 11.3 Å². The van der Waals surface area contributed by atoms with Gasteiger partial charge in [0, 0.05) is 38.0 Å². The minimum Gasteiger partial charge on any atom is -0.497 e. The average molecular weight is 468 g/mol. The maximum atomic E-state index is 14.3. The highest BCUT2D eigenvalue weighted by molar-refractivity contribution is 6.06. The van der Waals surface area contributed by atoms with Crippen LogP contribution in [0.4, 0.5) is 14.5 Å². The normalized spacial score (nSPS) is 14.4. The number of aromatic nitrogens is 4. The Bertz CT molecular complexity index is 1320. The SMILES string of the molecule is COc1cc(F)c(C(=O)Nc2c[nH]nc2-c2nc3cc(CN4CCOCC4)ccc3[nH]2)c(F)c1. The zero-order valence-electron chi connectivity index (χ0n) is 18.3. The molecule has 0 spiro atoms. The number of benzene rings is 2. The van der Waals surface area contributed by atoms with Gasteiger partial charge in [-0.25, -0.2) is 13.8 Å². The molecule has 2 aromatic heterocycles. The van der Waals surface area contributed by atoms with Crippen LogP contribution in [0.1, 0.15) is 15.9 Å². The number of amides is 1. The number of hydrogen-bond acceptors (Lipinski definition) is 6. The van der Waals surface area contributed by atoms with Gasteiger partial charge in [0.1, 0.15) is 22.9 Å². The molecule has 4 aromatic rings. The van der Waals surface area contributed by atoms with Gasteiger partial charge in [0.15, 0.2) is 11.5 Å². The Morgan fingerprint density at radius 2 is 1.97 bits per heavy atom. The number of fused-ring (bicyclic) bond motifs is 1. The fourth-order valence-electron chi connectivity index (χ4n) is 3.91. The summed E-state index contributed by atoms with van der Waals surface area (Å²) in [5.41, 5.74) is 2.49. The van der Waals surface area contributed by atoms with E-state index in [1.54, 1.807) is 0 Å². The second kappa shape index (κ2) is 9.20. The number of carbonyl (C=O) groups is 1. The van der Waals surface area contributed by atoms with Crippen LogP contribution in [0.2, 0.25) is 0 Å². The van der Waals surface area contributed by atoms with E-state index in [2.05, 4.69) is 30.4 Å². The number of anilines is 1. The molecule has 0 unspecified atom stereocenters. The van der Waals surface area contributed by atoms with Crippen LogP contribution >= 0.6 is 0 Å². The Kier molecular flexibility index (Phi) is 5.95. The van der Waals surface area contributed by atoms with Crippen molar-refractivity contribution in [2.45, 2.75) is 6.54 Å². The molecule has 0 aliphatic carbocycles.